The third-order valence-corrected chi connectivity index (χ3v) is 3.84. The van der Waals surface area contributed by atoms with Gasteiger partial charge in [0.1, 0.15) is 0 Å². The number of benzene rings is 1. The van der Waals surface area contributed by atoms with E-state index in [0.29, 0.717) is 11.5 Å². The Bertz CT molecular complexity index is 618. The number of nitrogens with zero attached hydrogens (tertiary/aromatic N) is 1. The fourth-order valence-corrected chi connectivity index (χ4v) is 2.81. The quantitative estimate of drug-likeness (QED) is 0.859. The van der Waals surface area contributed by atoms with E-state index in [1.807, 2.05) is 18.3 Å². The second-order valence-corrected chi connectivity index (χ2v) is 5.02. The molecule has 0 bridgehead atoms. The molecule has 1 saturated heterocycles. The predicted molar refractivity (Wildman–Crippen MR) is 75.1 cm³/mol. The van der Waals surface area contributed by atoms with Crippen molar-refractivity contribution in [2.24, 2.45) is 5.73 Å². The number of amides is 1. The molecule has 2 heterocycles. The maximum absolute atomic E-state index is 11.3. The van der Waals surface area contributed by atoms with E-state index in [2.05, 4.69) is 16.4 Å². The molecule has 4 heteroatoms. The molecule has 2 aromatic rings. The van der Waals surface area contributed by atoms with Crippen molar-refractivity contribution in [1.29, 1.82) is 0 Å². The molecule has 0 unspecified atom stereocenters. The molecular formula is C15H17N3O. The van der Waals surface area contributed by atoms with Crippen molar-refractivity contribution in [3.8, 4) is 0 Å². The van der Waals surface area contributed by atoms with Gasteiger partial charge in [-0.3, -0.25) is 9.78 Å². The molecule has 1 fully saturated rings. The Kier molecular flexibility index (Phi) is 3.17. The van der Waals surface area contributed by atoms with Crippen molar-refractivity contribution in [2.45, 2.75) is 18.8 Å². The standard InChI is InChI=1S/C15H17N3O/c16-15(19)11-1-2-14-13(9-11)12(5-8-18-14)10-3-6-17-7-4-10/h1-2,5,8-10,17H,3-4,6-7H2,(H2,16,19). The first-order chi connectivity index (χ1) is 9.25. The lowest BCUT2D eigenvalue weighted by Crippen LogP contribution is -2.26. The fourth-order valence-electron chi connectivity index (χ4n) is 2.81. The first kappa shape index (κ1) is 12.1. The number of carbonyl (C=O) groups excluding carboxylic acids is 1. The number of nitrogens with one attached hydrogen (secondary N) is 1. The van der Waals surface area contributed by atoms with E-state index in [1.165, 1.54) is 5.56 Å². The van der Waals surface area contributed by atoms with Crippen LogP contribution in [-0.4, -0.2) is 24.0 Å². The van der Waals surface area contributed by atoms with Crippen LogP contribution in [0.4, 0.5) is 0 Å². The Morgan fingerprint density at radius 2 is 2.05 bits per heavy atom. The number of hydrogen-bond acceptors (Lipinski definition) is 3. The van der Waals surface area contributed by atoms with Gasteiger partial charge in [0.15, 0.2) is 0 Å². The van der Waals surface area contributed by atoms with Crippen molar-refractivity contribution in [2.75, 3.05) is 13.1 Å². The summed E-state index contributed by atoms with van der Waals surface area (Å²) < 4.78 is 0. The van der Waals surface area contributed by atoms with Crippen LogP contribution in [0, 0.1) is 0 Å². The molecule has 1 aromatic carbocycles. The van der Waals surface area contributed by atoms with Crippen LogP contribution in [-0.2, 0) is 0 Å². The largest absolute Gasteiger partial charge is 0.366 e. The van der Waals surface area contributed by atoms with Crippen LogP contribution in [0.2, 0.25) is 0 Å². The molecule has 0 saturated carbocycles. The van der Waals surface area contributed by atoms with Gasteiger partial charge in [0.05, 0.1) is 5.52 Å². The van der Waals surface area contributed by atoms with Gasteiger partial charge >= 0.3 is 0 Å². The average Bonchev–Trinajstić information content (AvgIpc) is 2.47. The number of piperidine rings is 1. The van der Waals surface area contributed by atoms with Crippen molar-refractivity contribution < 1.29 is 4.79 Å². The number of nitrogens with two attached hydrogens (primary N) is 1. The number of hydrogen-bond donors (Lipinski definition) is 2. The highest BCUT2D eigenvalue weighted by atomic mass is 16.1. The van der Waals surface area contributed by atoms with E-state index in [0.717, 1.165) is 36.8 Å². The summed E-state index contributed by atoms with van der Waals surface area (Å²) in [6.07, 6.45) is 4.10. The third-order valence-electron chi connectivity index (χ3n) is 3.84. The maximum Gasteiger partial charge on any atom is 0.248 e. The molecular weight excluding hydrogens is 238 g/mol. The summed E-state index contributed by atoms with van der Waals surface area (Å²) in [4.78, 5) is 15.7. The van der Waals surface area contributed by atoms with E-state index in [4.69, 9.17) is 5.73 Å². The monoisotopic (exact) mass is 255 g/mol. The highest BCUT2D eigenvalue weighted by Gasteiger charge is 2.18. The van der Waals surface area contributed by atoms with Gasteiger partial charge in [-0.05, 0) is 61.7 Å². The van der Waals surface area contributed by atoms with E-state index < -0.39 is 0 Å². The van der Waals surface area contributed by atoms with Crippen LogP contribution in [0.3, 0.4) is 0 Å². The first-order valence-electron chi connectivity index (χ1n) is 6.65. The van der Waals surface area contributed by atoms with E-state index in [1.54, 1.807) is 6.07 Å². The Morgan fingerprint density at radius 1 is 1.26 bits per heavy atom. The summed E-state index contributed by atoms with van der Waals surface area (Å²) in [6.45, 7) is 2.09. The zero-order valence-electron chi connectivity index (χ0n) is 10.7. The topological polar surface area (TPSA) is 68.0 Å². The molecule has 3 N–H and O–H groups in total. The number of pyridine rings is 1. The molecule has 0 atom stereocenters. The molecule has 0 radical (unpaired) electrons. The Labute approximate surface area is 112 Å². The molecule has 0 aliphatic carbocycles. The zero-order valence-corrected chi connectivity index (χ0v) is 10.7. The smallest absolute Gasteiger partial charge is 0.248 e. The molecule has 19 heavy (non-hydrogen) atoms. The van der Waals surface area contributed by atoms with Crippen LogP contribution in [0.25, 0.3) is 10.9 Å². The molecule has 98 valence electrons. The van der Waals surface area contributed by atoms with Crippen molar-refractivity contribution in [3.05, 3.63) is 41.6 Å². The van der Waals surface area contributed by atoms with Crippen LogP contribution in [0.1, 0.15) is 34.7 Å². The minimum absolute atomic E-state index is 0.387. The van der Waals surface area contributed by atoms with Gasteiger partial charge in [-0.2, -0.15) is 0 Å². The average molecular weight is 255 g/mol. The van der Waals surface area contributed by atoms with Gasteiger partial charge in [0, 0.05) is 17.1 Å². The Balaban J connectivity index is 2.11. The molecule has 1 amide bonds. The normalized spacial score (nSPS) is 16.6. The number of primary amides is 1. The van der Waals surface area contributed by atoms with Crippen molar-refractivity contribution >= 4 is 16.8 Å². The molecule has 0 spiro atoms. The summed E-state index contributed by atoms with van der Waals surface area (Å²) in [5.41, 5.74) is 8.13. The number of aromatic nitrogens is 1. The lowest BCUT2D eigenvalue weighted by atomic mass is 9.88. The third kappa shape index (κ3) is 2.31. The van der Waals surface area contributed by atoms with Crippen molar-refractivity contribution in [3.63, 3.8) is 0 Å². The predicted octanol–water partition coefficient (Wildman–Crippen LogP) is 1.80. The second-order valence-electron chi connectivity index (χ2n) is 5.02. The number of fused-ring (bicyclic) bond motifs is 1. The van der Waals surface area contributed by atoms with Crippen LogP contribution in [0.5, 0.6) is 0 Å². The highest BCUT2D eigenvalue weighted by Crippen LogP contribution is 2.30. The molecule has 1 aliphatic rings. The van der Waals surface area contributed by atoms with Crippen molar-refractivity contribution in [1.82, 2.24) is 10.3 Å². The molecule has 1 aromatic heterocycles. The highest BCUT2D eigenvalue weighted by molar-refractivity contribution is 5.97. The van der Waals surface area contributed by atoms with E-state index in [9.17, 15) is 4.79 Å². The lowest BCUT2D eigenvalue weighted by Gasteiger charge is -2.24. The summed E-state index contributed by atoms with van der Waals surface area (Å²) in [5.74, 6) is 0.150. The second kappa shape index (κ2) is 4.97. The maximum atomic E-state index is 11.3. The summed E-state index contributed by atoms with van der Waals surface area (Å²) >= 11 is 0. The summed E-state index contributed by atoms with van der Waals surface area (Å²) in [7, 11) is 0. The van der Waals surface area contributed by atoms with Crippen LogP contribution < -0.4 is 11.1 Å². The molecule has 1 aliphatic heterocycles. The fraction of sp³-hybridized carbons (Fsp3) is 0.333. The van der Waals surface area contributed by atoms with Gasteiger partial charge in [0.25, 0.3) is 0 Å². The number of rotatable bonds is 2. The zero-order chi connectivity index (χ0) is 13.2. The first-order valence-corrected chi connectivity index (χ1v) is 6.65. The minimum Gasteiger partial charge on any atom is -0.366 e. The Hall–Kier alpha value is -1.94. The van der Waals surface area contributed by atoms with Gasteiger partial charge in [-0.1, -0.05) is 0 Å². The van der Waals surface area contributed by atoms with Crippen LogP contribution in [0.15, 0.2) is 30.5 Å². The van der Waals surface area contributed by atoms with Gasteiger partial charge in [0.2, 0.25) is 5.91 Å². The van der Waals surface area contributed by atoms with Gasteiger partial charge < -0.3 is 11.1 Å². The van der Waals surface area contributed by atoms with Gasteiger partial charge in [-0.15, -0.1) is 0 Å². The summed E-state index contributed by atoms with van der Waals surface area (Å²) in [6, 6.07) is 7.56. The number of carbonyl (C=O) groups is 1. The SMILES string of the molecule is NC(=O)c1ccc2nccc(C3CCNCC3)c2c1. The van der Waals surface area contributed by atoms with E-state index >= 15 is 0 Å². The van der Waals surface area contributed by atoms with Crippen LogP contribution >= 0.6 is 0 Å². The lowest BCUT2D eigenvalue weighted by molar-refractivity contribution is 0.100. The van der Waals surface area contributed by atoms with Gasteiger partial charge in [-0.25, -0.2) is 0 Å². The Morgan fingerprint density at radius 3 is 2.79 bits per heavy atom. The molecule has 4 nitrogen and oxygen atoms in total. The minimum atomic E-state index is -0.387. The molecule has 3 rings (SSSR count). The summed E-state index contributed by atoms with van der Waals surface area (Å²) in [5, 5.41) is 4.43. The van der Waals surface area contributed by atoms with E-state index in [-0.39, 0.29) is 5.91 Å².